The first-order chi connectivity index (χ1) is 11.3. The fourth-order valence-corrected chi connectivity index (χ4v) is 3.51. The molecule has 0 aromatic carbocycles. The summed E-state index contributed by atoms with van der Waals surface area (Å²) in [6, 6.07) is 5.75. The summed E-state index contributed by atoms with van der Waals surface area (Å²) in [5.74, 6) is 3.02. The van der Waals surface area contributed by atoms with Crippen LogP contribution < -0.4 is 5.32 Å². The fourth-order valence-electron chi connectivity index (χ4n) is 2.58. The number of nitrogens with zero attached hydrogens (tertiary/aromatic N) is 1. The topological polar surface area (TPSA) is 58.6 Å². The van der Waals surface area contributed by atoms with Crippen LogP contribution in [0.2, 0.25) is 0 Å². The standard InChI is InChI=1S/C17H20N2O3S/c20-17(4-3-14-5-9-21-13-14)18-12-15(16-2-1-8-22-16)19-6-10-23-11-7-19/h1-5,8-9,13,15H,6-7,10-12H2,(H,18,20). The molecule has 23 heavy (non-hydrogen) atoms. The monoisotopic (exact) mass is 332 g/mol. The number of carbonyl (C=O) groups excluding carboxylic acids is 1. The Hall–Kier alpha value is -1.92. The van der Waals surface area contributed by atoms with Crippen molar-refractivity contribution in [2.45, 2.75) is 6.04 Å². The van der Waals surface area contributed by atoms with Gasteiger partial charge < -0.3 is 14.2 Å². The molecule has 0 radical (unpaired) electrons. The van der Waals surface area contributed by atoms with E-state index in [2.05, 4.69) is 10.2 Å². The van der Waals surface area contributed by atoms with Gasteiger partial charge in [-0.05, 0) is 24.3 Å². The van der Waals surface area contributed by atoms with E-state index in [0.717, 1.165) is 35.9 Å². The Morgan fingerprint density at radius 1 is 1.35 bits per heavy atom. The maximum atomic E-state index is 12.0. The van der Waals surface area contributed by atoms with Gasteiger partial charge in [-0.15, -0.1) is 0 Å². The van der Waals surface area contributed by atoms with Crippen molar-refractivity contribution in [3.8, 4) is 0 Å². The molecule has 1 saturated heterocycles. The first kappa shape index (κ1) is 16.0. The molecule has 0 bridgehead atoms. The highest BCUT2D eigenvalue weighted by Gasteiger charge is 2.24. The lowest BCUT2D eigenvalue weighted by Gasteiger charge is -2.33. The van der Waals surface area contributed by atoms with Crippen molar-refractivity contribution in [2.75, 3.05) is 31.1 Å². The number of nitrogens with one attached hydrogen (secondary N) is 1. The second kappa shape index (κ2) is 8.08. The number of thioether (sulfide) groups is 1. The second-order valence-corrected chi connectivity index (χ2v) is 6.54. The first-order valence-electron chi connectivity index (χ1n) is 7.66. The van der Waals surface area contributed by atoms with Crippen LogP contribution in [0.5, 0.6) is 0 Å². The van der Waals surface area contributed by atoms with E-state index in [1.54, 1.807) is 30.9 Å². The third kappa shape index (κ3) is 4.53. The van der Waals surface area contributed by atoms with Gasteiger partial charge in [-0.2, -0.15) is 11.8 Å². The molecular formula is C17H20N2O3S. The molecule has 0 aliphatic carbocycles. The van der Waals surface area contributed by atoms with Gasteiger partial charge in [-0.3, -0.25) is 9.69 Å². The number of hydrogen-bond donors (Lipinski definition) is 1. The SMILES string of the molecule is O=C(C=Cc1ccoc1)NCC(c1ccco1)N1CCSCC1. The summed E-state index contributed by atoms with van der Waals surface area (Å²) in [7, 11) is 0. The normalized spacial score (nSPS) is 17.4. The molecule has 1 aliphatic heterocycles. The van der Waals surface area contributed by atoms with Crippen molar-refractivity contribution in [2.24, 2.45) is 0 Å². The molecule has 0 spiro atoms. The van der Waals surface area contributed by atoms with E-state index in [1.807, 2.05) is 23.9 Å². The van der Waals surface area contributed by atoms with Crippen LogP contribution >= 0.6 is 11.8 Å². The van der Waals surface area contributed by atoms with Crippen LogP contribution in [0.4, 0.5) is 0 Å². The fraction of sp³-hybridized carbons (Fsp3) is 0.353. The molecule has 2 aromatic heterocycles. The Morgan fingerprint density at radius 2 is 2.22 bits per heavy atom. The Bertz CT molecular complexity index is 616. The van der Waals surface area contributed by atoms with E-state index < -0.39 is 0 Å². The molecule has 1 amide bonds. The molecule has 1 N–H and O–H groups in total. The summed E-state index contributed by atoms with van der Waals surface area (Å²) >= 11 is 1.96. The average molecular weight is 332 g/mol. The minimum atomic E-state index is -0.117. The summed E-state index contributed by atoms with van der Waals surface area (Å²) < 4.78 is 10.5. The Labute approximate surface area is 139 Å². The minimum Gasteiger partial charge on any atom is -0.472 e. The summed E-state index contributed by atoms with van der Waals surface area (Å²) in [4.78, 5) is 14.4. The Morgan fingerprint density at radius 3 is 2.91 bits per heavy atom. The van der Waals surface area contributed by atoms with Crippen LogP contribution in [0.3, 0.4) is 0 Å². The molecular weight excluding hydrogens is 312 g/mol. The highest BCUT2D eigenvalue weighted by Crippen LogP contribution is 2.24. The van der Waals surface area contributed by atoms with E-state index in [9.17, 15) is 4.79 Å². The lowest BCUT2D eigenvalue weighted by atomic mass is 10.2. The van der Waals surface area contributed by atoms with Gasteiger partial charge in [0.05, 0.1) is 24.8 Å². The summed E-state index contributed by atoms with van der Waals surface area (Å²) in [6.07, 6.45) is 8.12. The van der Waals surface area contributed by atoms with Gasteiger partial charge in [0.2, 0.25) is 5.91 Å². The van der Waals surface area contributed by atoms with Gasteiger partial charge >= 0.3 is 0 Å². The van der Waals surface area contributed by atoms with Crippen molar-refractivity contribution in [3.05, 3.63) is 54.4 Å². The molecule has 122 valence electrons. The lowest BCUT2D eigenvalue weighted by molar-refractivity contribution is -0.116. The molecule has 1 fully saturated rings. The van der Waals surface area contributed by atoms with E-state index in [0.29, 0.717) is 6.54 Å². The number of furan rings is 2. The predicted octanol–water partition coefficient (Wildman–Crippen LogP) is 2.79. The summed E-state index contributed by atoms with van der Waals surface area (Å²) in [5.41, 5.74) is 0.871. The quantitative estimate of drug-likeness (QED) is 0.824. The van der Waals surface area contributed by atoms with Crippen molar-refractivity contribution in [1.29, 1.82) is 0 Å². The van der Waals surface area contributed by atoms with Crippen LogP contribution in [0.25, 0.3) is 6.08 Å². The van der Waals surface area contributed by atoms with Crippen molar-refractivity contribution in [3.63, 3.8) is 0 Å². The van der Waals surface area contributed by atoms with Gasteiger partial charge in [-0.1, -0.05) is 0 Å². The van der Waals surface area contributed by atoms with E-state index in [1.165, 1.54) is 6.08 Å². The van der Waals surface area contributed by atoms with Gasteiger partial charge in [0.15, 0.2) is 0 Å². The molecule has 1 unspecified atom stereocenters. The van der Waals surface area contributed by atoms with E-state index >= 15 is 0 Å². The molecule has 6 heteroatoms. The number of hydrogen-bond acceptors (Lipinski definition) is 5. The molecule has 5 nitrogen and oxygen atoms in total. The predicted molar refractivity (Wildman–Crippen MR) is 91.1 cm³/mol. The third-order valence-corrected chi connectivity index (χ3v) is 4.74. The molecule has 3 rings (SSSR count). The van der Waals surface area contributed by atoms with Gasteiger partial charge in [-0.25, -0.2) is 0 Å². The Balaban J connectivity index is 1.58. The van der Waals surface area contributed by atoms with Crippen LogP contribution in [-0.4, -0.2) is 41.9 Å². The van der Waals surface area contributed by atoms with Gasteiger partial charge in [0.1, 0.15) is 5.76 Å². The number of rotatable bonds is 6. The zero-order valence-corrected chi connectivity index (χ0v) is 13.6. The van der Waals surface area contributed by atoms with Gasteiger partial charge in [0.25, 0.3) is 0 Å². The first-order valence-corrected chi connectivity index (χ1v) is 8.82. The van der Waals surface area contributed by atoms with Crippen molar-refractivity contribution >= 4 is 23.7 Å². The molecule has 2 aromatic rings. The highest BCUT2D eigenvalue weighted by atomic mass is 32.2. The van der Waals surface area contributed by atoms with Crippen LogP contribution in [0.1, 0.15) is 17.4 Å². The largest absolute Gasteiger partial charge is 0.472 e. The molecule has 1 atom stereocenters. The minimum absolute atomic E-state index is 0.0807. The van der Waals surface area contributed by atoms with Crippen LogP contribution in [-0.2, 0) is 4.79 Å². The lowest BCUT2D eigenvalue weighted by Crippen LogP contribution is -2.41. The summed E-state index contributed by atoms with van der Waals surface area (Å²) in [6.45, 7) is 2.56. The van der Waals surface area contributed by atoms with Crippen molar-refractivity contribution < 1.29 is 13.6 Å². The smallest absolute Gasteiger partial charge is 0.244 e. The molecule has 3 heterocycles. The molecule has 1 aliphatic rings. The molecule has 0 saturated carbocycles. The number of carbonyl (C=O) groups is 1. The zero-order valence-electron chi connectivity index (χ0n) is 12.8. The van der Waals surface area contributed by atoms with E-state index in [4.69, 9.17) is 8.83 Å². The Kier molecular flexibility index (Phi) is 5.60. The van der Waals surface area contributed by atoms with Crippen molar-refractivity contribution in [1.82, 2.24) is 10.2 Å². The van der Waals surface area contributed by atoms with Gasteiger partial charge in [0, 0.05) is 42.8 Å². The zero-order chi connectivity index (χ0) is 15.9. The maximum absolute atomic E-state index is 12.0. The van der Waals surface area contributed by atoms with E-state index in [-0.39, 0.29) is 11.9 Å². The van der Waals surface area contributed by atoms with Crippen LogP contribution in [0, 0.1) is 0 Å². The second-order valence-electron chi connectivity index (χ2n) is 5.31. The highest BCUT2D eigenvalue weighted by molar-refractivity contribution is 7.99. The average Bonchev–Trinajstić information content (AvgIpc) is 3.28. The summed E-state index contributed by atoms with van der Waals surface area (Å²) in [5, 5.41) is 2.97. The number of amides is 1. The van der Waals surface area contributed by atoms with Crippen LogP contribution in [0.15, 0.2) is 51.9 Å². The maximum Gasteiger partial charge on any atom is 0.244 e. The third-order valence-electron chi connectivity index (χ3n) is 3.80.